The third-order valence-corrected chi connectivity index (χ3v) is 7.78. The van der Waals surface area contributed by atoms with Gasteiger partial charge in [-0.2, -0.15) is 0 Å². The lowest BCUT2D eigenvalue weighted by Crippen LogP contribution is -2.42. The second-order valence-electron chi connectivity index (χ2n) is 8.69. The number of carbonyl (C=O) groups excluding carboxylic acids is 1. The van der Waals surface area contributed by atoms with Gasteiger partial charge in [0.25, 0.3) is 10.0 Å². The van der Waals surface area contributed by atoms with Gasteiger partial charge in [-0.25, -0.2) is 8.42 Å². The molecule has 0 radical (unpaired) electrons. The summed E-state index contributed by atoms with van der Waals surface area (Å²) in [4.78, 5) is 13.3. The van der Waals surface area contributed by atoms with E-state index >= 15 is 0 Å². The monoisotopic (exact) mass is 464 g/mol. The summed E-state index contributed by atoms with van der Waals surface area (Å²) in [5, 5.41) is 2.98. The van der Waals surface area contributed by atoms with E-state index in [0.29, 0.717) is 5.69 Å². The van der Waals surface area contributed by atoms with Crippen molar-refractivity contribution in [2.75, 3.05) is 10.8 Å². The van der Waals surface area contributed by atoms with E-state index in [1.807, 2.05) is 65.8 Å². The first-order valence-corrected chi connectivity index (χ1v) is 12.5. The minimum absolute atomic E-state index is 0.157. The first-order chi connectivity index (χ1) is 15.5. The number of aryl methyl sites for hydroxylation is 4. The molecule has 0 bridgehead atoms. The number of amides is 1. The number of anilines is 1. The molecule has 3 aromatic rings. The van der Waals surface area contributed by atoms with Crippen LogP contribution in [0.5, 0.6) is 0 Å². The molecule has 3 rings (SSSR count). The summed E-state index contributed by atoms with van der Waals surface area (Å²) < 4.78 is 28.5. The number of hydrogen-bond donors (Lipinski definition) is 1. The quantitative estimate of drug-likeness (QED) is 0.516. The second kappa shape index (κ2) is 9.79. The van der Waals surface area contributed by atoms with Crippen molar-refractivity contribution in [3.63, 3.8) is 0 Å². The van der Waals surface area contributed by atoms with E-state index in [9.17, 15) is 13.2 Å². The van der Waals surface area contributed by atoms with Crippen molar-refractivity contribution in [2.45, 2.75) is 52.5 Å². The summed E-state index contributed by atoms with van der Waals surface area (Å²) in [7, 11) is -3.95. The van der Waals surface area contributed by atoms with E-state index in [1.165, 1.54) is 4.31 Å². The summed E-state index contributed by atoms with van der Waals surface area (Å²) in [5.74, 6) is -0.362. The van der Waals surface area contributed by atoms with Gasteiger partial charge in [-0.15, -0.1) is 0 Å². The van der Waals surface area contributed by atoms with Crippen molar-refractivity contribution in [1.82, 2.24) is 5.32 Å². The lowest BCUT2D eigenvalue weighted by molar-refractivity contribution is -0.120. The molecule has 0 spiro atoms. The number of rotatable bonds is 7. The van der Waals surface area contributed by atoms with Crippen LogP contribution >= 0.6 is 0 Å². The van der Waals surface area contributed by atoms with Crippen LogP contribution in [-0.4, -0.2) is 20.9 Å². The summed E-state index contributed by atoms with van der Waals surface area (Å²) >= 11 is 0. The first kappa shape index (κ1) is 24.5. The Morgan fingerprint density at radius 3 is 2.15 bits per heavy atom. The molecule has 0 heterocycles. The molecule has 1 atom stereocenters. The fourth-order valence-electron chi connectivity index (χ4n) is 3.95. The van der Waals surface area contributed by atoms with Crippen molar-refractivity contribution in [3.8, 4) is 0 Å². The van der Waals surface area contributed by atoms with Crippen LogP contribution in [-0.2, 0) is 14.8 Å². The smallest absolute Gasteiger partial charge is 0.264 e. The highest BCUT2D eigenvalue weighted by atomic mass is 32.2. The van der Waals surface area contributed by atoms with E-state index in [0.717, 1.165) is 33.4 Å². The third-order valence-electron chi connectivity index (χ3n) is 6.01. The molecule has 0 aliphatic heterocycles. The van der Waals surface area contributed by atoms with Gasteiger partial charge in [0, 0.05) is 0 Å². The highest BCUT2D eigenvalue weighted by molar-refractivity contribution is 7.92. The SMILES string of the molecule is Cc1ccc(S(=O)(=O)N(CC(=O)NC(C)c2ccc(C)cc2C)c2cccc(C)c2C)cc1. The number of hydrogen-bond acceptors (Lipinski definition) is 3. The van der Waals surface area contributed by atoms with E-state index < -0.39 is 10.0 Å². The molecule has 1 amide bonds. The van der Waals surface area contributed by atoms with Crippen LogP contribution in [0.1, 0.15) is 46.3 Å². The lowest BCUT2D eigenvalue weighted by Gasteiger charge is -2.27. The van der Waals surface area contributed by atoms with Crippen molar-refractivity contribution < 1.29 is 13.2 Å². The third kappa shape index (κ3) is 5.45. The zero-order valence-corrected chi connectivity index (χ0v) is 21.0. The van der Waals surface area contributed by atoms with Gasteiger partial charge in [-0.1, -0.05) is 53.6 Å². The van der Waals surface area contributed by atoms with Crippen LogP contribution in [0, 0.1) is 34.6 Å². The number of sulfonamides is 1. The molecule has 0 saturated carbocycles. The molecule has 5 nitrogen and oxygen atoms in total. The molecule has 6 heteroatoms. The molecule has 0 saturated heterocycles. The van der Waals surface area contributed by atoms with Crippen LogP contribution in [0.15, 0.2) is 65.6 Å². The van der Waals surface area contributed by atoms with E-state index in [1.54, 1.807) is 30.3 Å². The van der Waals surface area contributed by atoms with Gasteiger partial charge < -0.3 is 5.32 Å². The molecule has 0 fully saturated rings. The predicted octanol–water partition coefficient (Wildman–Crippen LogP) is 5.30. The number of nitrogens with zero attached hydrogens (tertiary/aromatic N) is 1. The maximum Gasteiger partial charge on any atom is 0.264 e. The highest BCUT2D eigenvalue weighted by Gasteiger charge is 2.29. The zero-order chi connectivity index (χ0) is 24.3. The van der Waals surface area contributed by atoms with Crippen LogP contribution in [0.4, 0.5) is 5.69 Å². The van der Waals surface area contributed by atoms with Crippen molar-refractivity contribution in [2.24, 2.45) is 0 Å². The summed E-state index contributed by atoms with van der Waals surface area (Å²) in [6.45, 7) is 11.3. The van der Waals surface area contributed by atoms with Gasteiger partial charge >= 0.3 is 0 Å². The average molecular weight is 465 g/mol. The molecule has 0 aliphatic rings. The topological polar surface area (TPSA) is 66.5 Å². The predicted molar refractivity (Wildman–Crippen MR) is 134 cm³/mol. The summed E-state index contributed by atoms with van der Waals surface area (Å²) in [6.07, 6.45) is 0. The van der Waals surface area contributed by atoms with Gasteiger partial charge in [-0.3, -0.25) is 9.10 Å². The van der Waals surface area contributed by atoms with E-state index in [-0.39, 0.29) is 23.4 Å². The van der Waals surface area contributed by atoms with Crippen LogP contribution in [0.25, 0.3) is 0 Å². The summed E-state index contributed by atoms with van der Waals surface area (Å²) in [5.41, 5.74) is 6.50. The number of benzene rings is 3. The van der Waals surface area contributed by atoms with E-state index in [4.69, 9.17) is 0 Å². The fraction of sp³-hybridized carbons (Fsp3) is 0.296. The maximum absolute atomic E-state index is 13.6. The second-order valence-corrected chi connectivity index (χ2v) is 10.6. The van der Waals surface area contributed by atoms with Gasteiger partial charge in [-0.05, 0) is 82.0 Å². The molecule has 33 heavy (non-hydrogen) atoms. The van der Waals surface area contributed by atoms with Gasteiger partial charge in [0.2, 0.25) is 5.91 Å². The molecule has 3 aromatic carbocycles. The Labute approximate surface area is 197 Å². The van der Waals surface area contributed by atoms with Crippen LogP contribution in [0.3, 0.4) is 0 Å². The van der Waals surface area contributed by atoms with Crippen LogP contribution in [0.2, 0.25) is 0 Å². The minimum Gasteiger partial charge on any atom is -0.348 e. The Bertz CT molecular complexity index is 1270. The highest BCUT2D eigenvalue weighted by Crippen LogP contribution is 2.29. The van der Waals surface area contributed by atoms with Crippen LogP contribution < -0.4 is 9.62 Å². The molecular weight excluding hydrogens is 432 g/mol. The van der Waals surface area contributed by atoms with Gasteiger partial charge in [0.15, 0.2) is 0 Å². The summed E-state index contributed by atoms with van der Waals surface area (Å²) in [6, 6.07) is 18.0. The van der Waals surface area contributed by atoms with E-state index in [2.05, 4.69) is 11.4 Å². The molecular formula is C27H32N2O3S. The Kier molecular flexibility index (Phi) is 7.28. The number of carbonyl (C=O) groups is 1. The van der Waals surface area contributed by atoms with Gasteiger partial charge in [0.1, 0.15) is 6.54 Å². The van der Waals surface area contributed by atoms with Crippen molar-refractivity contribution in [1.29, 1.82) is 0 Å². The molecule has 0 aromatic heterocycles. The Morgan fingerprint density at radius 2 is 1.52 bits per heavy atom. The first-order valence-electron chi connectivity index (χ1n) is 11.0. The van der Waals surface area contributed by atoms with Crippen molar-refractivity contribution in [3.05, 3.63) is 94.0 Å². The Balaban J connectivity index is 1.95. The average Bonchev–Trinajstić information content (AvgIpc) is 2.74. The fourth-order valence-corrected chi connectivity index (χ4v) is 5.43. The zero-order valence-electron chi connectivity index (χ0n) is 20.1. The largest absolute Gasteiger partial charge is 0.348 e. The Morgan fingerprint density at radius 1 is 0.879 bits per heavy atom. The number of nitrogens with one attached hydrogen (secondary N) is 1. The lowest BCUT2D eigenvalue weighted by atomic mass is 10.0. The molecule has 174 valence electrons. The van der Waals surface area contributed by atoms with Crippen molar-refractivity contribution >= 4 is 21.6 Å². The minimum atomic E-state index is -3.95. The normalized spacial score (nSPS) is 12.3. The molecule has 0 aliphatic carbocycles. The maximum atomic E-state index is 13.6. The standard InChI is InChI=1S/C27H32N2O3S/c1-18-10-13-24(14-11-18)33(31,32)29(26-9-7-8-20(3)22(26)5)17-27(30)28-23(6)25-15-12-19(2)16-21(25)4/h7-16,23H,17H2,1-6H3,(H,28,30). The molecule has 1 unspecified atom stereocenters. The Hall–Kier alpha value is -3.12. The van der Waals surface area contributed by atoms with Gasteiger partial charge in [0.05, 0.1) is 16.6 Å². The molecule has 1 N–H and O–H groups in total.